The summed E-state index contributed by atoms with van der Waals surface area (Å²) >= 11 is 0.903. The zero-order valence-electron chi connectivity index (χ0n) is 9.66. The summed E-state index contributed by atoms with van der Waals surface area (Å²) in [5.74, 6) is -1.24. The van der Waals surface area contributed by atoms with Crippen LogP contribution in [0.15, 0.2) is 10.3 Å². The quantitative estimate of drug-likeness (QED) is 0.846. The Balaban J connectivity index is 2.48. The first-order valence-electron chi connectivity index (χ1n) is 5.33. The van der Waals surface area contributed by atoms with Gasteiger partial charge in [0.2, 0.25) is 10.0 Å². The van der Waals surface area contributed by atoms with Crippen molar-refractivity contribution in [3.05, 3.63) is 15.8 Å². The number of hydrogen-bond acceptors (Lipinski definition) is 5. The van der Waals surface area contributed by atoms with Gasteiger partial charge in [-0.15, -0.1) is 11.3 Å². The van der Waals surface area contributed by atoms with Crippen molar-refractivity contribution in [1.82, 2.24) is 4.31 Å². The van der Waals surface area contributed by atoms with Crippen molar-refractivity contribution >= 4 is 27.3 Å². The predicted molar refractivity (Wildman–Crippen MR) is 65.4 cm³/mol. The molecule has 0 unspecified atom stereocenters. The number of carboxylic acid groups (broad SMARTS) is 1. The van der Waals surface area contributed by atoms with E-state index in [4.69, 9.17) is 5.11 Å². The Morgan fingerprint density at radius 3 is 2.72 bits per heavy atom. The average molecular weight is 291 g/mol. The van der Waals surface area contributed by atoms with Crippen LogP contribution in [0.4, 0.5) is 0 Å². The van der Waals surface area contributed by atoms with E-state index in [1.807, 2.05) is 0 Å². The van der Waals surface area contributed by atoms with Crippen LogP contribution in [0.3, 0.4) is 0 Å². The summed E-state index contributed by atoms with van der Waals surface area (Å²) in [6.45, 7) is 1.82. The van der Waals surface area contributed by atoms with Gasteiger partial charge in [0.25, 0.3) is 0 Å². The van der Waals surface area contributed by atoms with E-state index in [0.29, 0.717) is 12.0 Å². The van der Waals surface area contributed by atoms with Crippen molar-refractivity contribution in [1.29, 1.82) is 0 Å². The molecule has 1 aliphatic rings. The Labute approximate surface area is 109 Å². The van der Waals surface area contributed by atoms with Crippen LogP contribution in [-0.4, -0.2) is 48.1 Å². The van der Waals surface area contributed by atoms with Crippen molar-refractivity contribution < 1.29 is 23.4 Å². The molecule has 1 atom stereocenters. The van der Waals surface area contributed by atoms with E-state index in [9.17, 15) is 18.3 Å². The minimum absolute atomic E-state index is 0.0245. The largest absolute Gasteiger partial charge is 0.477 e. The average Bonchev–Trinajstić information content (AvgIpc) is 2.84. The molecule has 1 fully saturated rings. The lowest BCUT2D eigenvalue weighted by Gasteiger charge is -2.16. The fraction of sp³-hybridized carbons (Fsp3) is 0.500. The molecule has 0 radical (unpaired) electrons. The molecular weight excluding hydrogens is 278 g/mol. The molecule has 0 saturated carbocycles. The second-order valence-corrected chi connectivity index (χ2v) is 6.94. The highest BCUT2D eigenvalue weighted by Crippen LogP contribution is 2.31. The summed E-state index contributed by atoms with van der Waals surface area (Å²) in [5.41, 5.74) is 0.429. The van der Waals surface area contributed by atoms with E-state index in [1.54, 1.807) is 6.92 Å². The third kappa shape index (κ3) is 2.16. The number of nitrogens with zero attached hydrogens (tertiary/aromatic N) is 1. The molecule has 8 heteroatoms. The highest BCUT2D eigenvalue weighted by molar-refractivity contribution is 7.89. The van der Waals surface area contributed by atoms with Crippen molar-refractivity contribution in [3.63, 3.8) is 0 Å². The lowest BCUT2D eigenvalue weighted by molar-refractivity contribution is 0.0698. The molecule has 18 heavy (non-hydrogen) atoms. The van der Waals surface area contributed by atoms with Gasteiger partial charge in [0, 0.05) is 13.1 Å². The third-order valence-corrected chi connectivity index (χ3v) is 6.10. The number of sulfonamides is 1. The van der Waals surface area contributed by atoms with Gasteiger partial charge in [0.05, 0.1) is 6.10 Å². The number of carboxylic acids is 1. The van der Waals surface area contributed by atoms with E-state index in [1.165, 1.54) is 5.38 Å². The maximum absolute atomic E-state index is 12.3. The minimum Gasteiger partial charge on any atom is -0.477 e. The van der Waals surface area contributed by atoms with Gasteiger partial charge in [0.15, 0.2) is 0 Å². The molecule has 100 valence electrons. The van der Waals surface area contributed by atoms with Crippen molar-refractivity contribution in [2.24, 2.45) is 0 Å². The second kappa shape index (κ2) is 4.61. The fourth-order valence-electron chi connectivity index (χ4n) is 1.96. The monoisotopic (exact) mass is 291 g/mol. The van der Waals surface area contributed by atoms with Crippen LogP contribution in [0.5, 0.6) is 0 Å². The van der Waals surface area contributed by atoms with E-state index >= 15 is 0 Å². The van der Waals surface area contributed by atoms with Crippen LogP contribution >= 0.6 is 11.3 Å². The first kappa shape index (κ1) is 13.5. The molecule has 1 saturated heterocycles. The van der Waals surface area contributed by atoms with Crippen LogP contribution < -0.4 is 0 Å². The number of rotatable bonds is 3. The van der Waals surface area contributed by atoms with E-state index in [-0.39, 0.29) is 22.9 Å². The lowest BCUT2D eigenvalue weighted by Crippen LogP contribution is -2.30. The van der Waals surface area contributed by atoms with Crippen LogP contribution in [-0.2, 0) is 10.0 Å². The predicted octanol–water partition coefficient (Wildman–Crippen LogP) is 0.510. The molecular formula is C10H13NO5S2. The smallest absolute Gasteiger partial charge is 0.347 e. The number of aliphatic hydroxyl groups excluding tert-OH is 1. The Hall–Kier alpha value is -0.960. The first-order chi connectivity index (χ1) is 8.34. The molecule has 0 spiro atoms. The third-order valence-electron chi connectivity index (χ3n) is 2.84. The number of thiophene rings is 1. The van der Waals surface area contributed by atoms with Gasteiger partial charge < -0.3 is 10.2 Å². The highest BCUT2D eigenvalue weighted by atomic mass is 32.2. The van der Waals surface area contributed by atoms with Crippen LogP contribution in [0.1, 0.15) is 21.7 Å². The molecule has 1 aliphatic heterocycles. The zero-order chi connectivity index (χ0) is 13.5. The molecule has 2 N–H and O–H groups in total. The van der Waals surface area contributed by atoms with Crippen molar-refractivity contribution in [2.75, 3.05) is 13.1 Å². The second-order valence-electron chi connectivity index (χ2n) is 4.19. The minimum atomic E-state index is -3.83. The Morgan fingerprint density at radius 1 is 1.56 bits per heavy atom. The molecule has 2 heterocycles. The lowest BCUT2D eigenvalue weighted by atomic mass is 10.3. The van der Waals surface area contributed by atoms with E-state index in [2.05, 4.69) is 0 Å². The SMILES string of the molecule is Cc1csc(C(=O)O)c1S(=O)(=O)N1CC[C@H](O)C1. The Bertz CT molecular complexity index is 577. The number of carbonyl (C=O) groups is 1. The Morgan fingerprint density at radius 2 is 2.22 bits per heavy atom. The van der Waals surface area contributed by atoms with Gasteiger partial charge in [-0.1, -0.05) is 0 Å². The van der Waals surface area contributed by atoms with Crippen molar-refractivity contribution in [3.8, 4) is 0 Å². The van der Waals surface area contributed by atoms with Gasteiger partial charge in [-0.3, -0.25) is 0 Å². The summed E-state index contributed by atoms with van der Waals surface area (Å²) in [6, 6.07) is 0. The number of β-amino-alcohol motifs (C(OH)–C–C–N with tert-alkyl or cyclic N) is 1. The first-order valence-corrected chi connectivity index (χ1v) is 7.65. The number of hydrogen-bond donors (Lipinski definition) is 2. The van der Waals surface area contributed by atoms with E-state index < -0.39 is 22.1 Å². The summed E-state index contributed by atoms with van der Waals surface area (Å²) in [6.07, 6.45) is -0.294. The topological polar surface area (TPSA) is 94.9 Å². The number of aromatic carboxylic acids is 1. The Kier molecular flexibility index (Phi) is 3.45. The van der Waals surface area contributed by atoms with Crippen LogP contribution in [0.2, 0.25) is 0 Å². The van der Waals surface area contributed by atoms with Gasteiger partial charge in [-0.05, 0) is 24.3 Å². The van der Waals surface area contributed by atoms with Crippen molar-refractivity contribution in [2.45, 2.75) is 24.3 Å². The maximum Gasteiger partial charge on any atom is 0.347 e. The standard InChI is InChI=1S/C10H13NO5S2/c1-6-5-17-8(10(13)14)9(6)18(15,16)11-3-2-7(12)4-11/h5,7,12H,2-4H2,1H3,(H,13,14)/t7-/m0/s1. The van der Waals surface area contributed by atoms with Gasteiger partial charge >= 0.3 is 5.97 Å². The number of aryl methyl sites for hydroxylation is 1. The summed E-state index contributed by atoms with van der Waals surface area (Å²) in [4.78, 5) is 10.7. The molecule has 6 nitrogen and oxygen atoms in total. The summed E-state index contributed by atoms with van der Waals surface area (Å²) in [5, 5.41) is 19.9. The highest BCUT2D eigenvalue weighted by Gasteiger charge is 2.36. The molecule has 0 aromatic carbocycles. The van der Waals surface area contributed by atoms with Crippen LogP contribution in [0.25, 0.3) is 0 Å². The number of aliphatic hydroxyl groups is 1. The van der Waals surface area contributed by atoms with Gasteiger partial charge in [-0.2, -0.15) is 4.31 Å². The molecule has 0 aliphatic carbocycles. The molecule has 1 aromatic rings. The van der Waals surface area contributed by atoms with Gasteiger partial charge in [0.1, 0.15) is 9.77 Å². The van der Waals surface area contributed by atoms with E-state index in [0.717, 1.165) is 15.6 Å². The molecule has 0 bridgehead atoms. The van der Waals surface area contributed by atoms with Crippen LogP contribution in [0, 0.1) is 6.92 Å². The molecule has 0 amide bonds. The van der Waals surface area contributed by atoms with Gasteiger partial charge in [-0.25, -0.2) is 13.2 Å². The molecule has 2 rings (SSSR count). The zero-order valence-corrected chi connectivity index (χ0v) is 11.3. The molecule has 1 aromatic heterocycles. The normalized spacial score (nSPS) is 21.3. The fourth-order valence-corrected chi connectivity index (χ4v) is 5.04. The summed E-state index contributed by atoms with van der Waals surface area (Å²) in [7, 11) is -3.83. The maximum atomic E-state index is 12.3. The summed E-state index contributed by atoms with van der Waals surface area (Å²) < 4.78 is 25.8.